The van der Waals surface area contributed by atoms with Crippen LogP contribution in [0.2, 0.25) is 0 Å². The Morgan fingerprint density at radius 1 is 1.03 bits per heavy atom. The van der Waals surface area contributed by atoms with Crippen LogP contribution in [0.4, 0.5) is 16.2 Å². The smallest absolute Gasteiger partial charge is 0.319 e. The summed E-state index contributed by atoms with van der Waals surface area (Å²) >= 11 is 0. The van der Waals surface area contributed by atoms with Gasteiger partial charge in [-0.25, -0.2) is 4.79 Å². The van der Waals surface area contributed by atoms with Gasteiger partial charge < -0.3 is 20.9 Å². The third-order valence-electron chi connectivity index (χ3n) is 5.25. The van der Waals surface area contributed by atoms with Gasteiger partial charge in [0.05, 0.1) is 5.92 Å². The van der Waals surface area contributed by atoms with Gasteiger partial charge in [-0.2, -0.15) is 0 Å². The van der Waals surface area contributed by atoms with Crippen molar-refractivity contribution in [1.82, 2.24) is 10.6 Å². The lowest BCUT2D eigenvalue weighted by molar-refractivity contribution is -0.126. The van der Waals surface area contributed by atoms with E-state index < -0.39 is 0 Å². The maximum Gasteiger partial charge on any atom is 0.319 e. The van der Waals surface area contributed by atoms with Gasteiger partial charge in [-0.1, -0.05) is 31.2 Å². The fraction of sp³-hybridized carbons (Fsp3) is 0.375. The fourth-order valence-corrected chi connectivity index (χ4v) is 3.51. The monoisotopic (exact) mass is 422 g/mol. The van der Waals surface area contributed by atoms with E-state index in [0.717, 1.165) is 17.7 Å². The van der Waals surface area contributed by atoms with Crippen molar-refractivity contribution in [3.05, 3.63) is 59.7 Å². The Kier molecular flexibility index (Phi) is 7.28. The van der Waals surface area contributed by atoms with Crippen LogP contribution in [0, 0.1) is 5.92 Å². The van der Waals surface area contributed by atoms with Crippen LogP contribution in [0.1, 0.15) is 38.3 Å². The predicted molar refractivity (Wildman–Crippen MR) is 122 cm³/mol. The number of nitrogens with zero attached hydrogens (tertiary/aromatic N) is 1. The van der Waals surface area contributed by atoms with Gasteiger partial charge in [0, 0.05) is 36.9 Å². The Balaban J connectivity index is 1.50. The van der Waals surface area contributed by atoms with Gasteiger partial charge in [0.15, 0.2) is 0 Å². The zero-order chi connectivity index (χ0) is 22.4. The Hall–Kier alpha value is -3.35. The first kappa shape index (κ1) is 22.3. The topological polar surface area (TPSA) is 90.5 Å². The highest BCUT2D eigenvalue weighted by Gasteiger charge is 2.34. The average molecular weight is 423 g/mol. The van der Waals surface area contributed by atoms with E-state index in [2.05, 4.69) is 22.9 Å². The lowest BCUT2D eigenvalue weighted by Gasteiger charge is -2.17. The number of carbonyl (C=O) groups excluding carboxylic acids is 3. The summed E-state index contributed by atoms with van der Waals surface area (Å²) in [6.07, 6.45) is 1.16. The number of amides is 4. The molecule has 1 saturated heterocycles. The number of rotatable bonds is 7. The molecule has 0 radical (unpaired) electrons. The standard InChI is InChI=1S/C24H30N4O3/c1-4-17-7-11-21(12-8-17)28-15-19(13-22(28)29)23(30)25-14-18-5-9-20(10-6-18)27-24(31)26-16(2)3/h5-12,16,19H,4,13-15H2,1-3H3,(H,25,30)(H2,26,27,31). The number of nitrogens with one attached hydrogen (secondary N) is 3. The summed E-state index contributed by atoms with van der Waals surface area (Å²) in [7, 11) is 0. The summed E-state index contributed by atoms with van der Waals surface area (Å²) in [6.45, 7) is 6.64. The third-order valence-corrected chi connectivity index (χ3v) is 5.25. The Morgan fingerprint density at radius 2 is 1.68 bits per heavy atom. The van der Waals surface area contributed by atoms with E-state index in [0.29, 0.717) is 18.8 Å². The van der Waals surface area contributed by atoms with Crippen molar-refractivity contribution in [2.75, 3.05) is 16.8 Å². The summed E-state index contributed by atoms with van der Waals surface area (Å²) < 4.78 is 0. The first-order valence-electron chi connectivity index (χ1n) is 10.7. The minimum absolute atomic E-state index is 0.0282. The minimum Gasteiger partial charge on any atom is -0.352 e. The van der Waals surface area contributed by atoms with E-state index in [1.807, 2.05) is 50.2 Å². The lowest BCUT2D eigenvalue weighted by atomic mass is 10.1. The van der Waals surface area contributed by atoms with Crippen LogP contribution in [0.3, 0.4) is 0 Å². The second-order valence-electron chi connectivity index (χ2n) is 8.09. The van der Waals surface area contributed by atoms with E-state index in [1.165, 1.54) is 5.56 Å². The Bertz CT molecular complexity index is 923. The molecule has 2 aromatic carbocycles. The molecule has 7 heteroatoms. The second-order valence-corrected chi connectivity index (χ2v) is 8.09. The van der Waals surface area contributed by atoms with Gasteiger partial charge in [0.25, 0.3) is 0 Å². The summed E-state index contributed by atoms with van der Waals surface area (Å²) in [5.74, 6) is -0.516. The zero-order valence-corrected chi connectivity index (χ0v) is 18.3. The van der Waals surface area contributed by atoms with Gasteiger partial charge in [-0.15, -0.1) is 0 Å². The van der Waals surface area contributed by atoms with Crippen molar-refractivity contribution in [2.24, 2.45) is 5.92 Å². The Morgan fingerprint density at radius 3 is 2.29 bits per heavy atom. The molecule has 0 bridgehead atoms. The molecule has 7 nitrogen and oxygen atoms in total. The molecular weight excluding hydrogens is 392 g/mol. The molecule has 31 heavy (non-hydrogen) atoms. The van der Waals surface area contributed by atoms with Crippen molar-refractivity contribution in [3.63, 3.8) is 0 Å². The SMILES string of the molecule is CCc1ccc(N2CC(C(=O)NCc3ccc(NC(=O)NC(C)C)cc3)CC2=O)cc1. The third kappa shape index (κ3) is 6.07. The summed E-state index contributed by atoms with van der Waals surface area (Å²) in [6, 6.07) is 15.0. The van der Waals surface area contributed by atoms with Crippen molar-refractivity contribution >= 4 is 29.2 Å². The summed E-state index contributed by atoms with van der Waals surface area (Å²) in [4.78, 5) is 38.5. The number of benzene rings is 2. The molecule has 1 heterocycles. The van der Waals surface area contributed by atoms with Crippen LogP contribution >= 0.6 is 0 Å². The van der Waals surface area contributed by atoms with Crippen molar-refractivity contribution in [2.45, 2.75) is 46.2 Å². The molecule has 0 aliphatic carbocycles. The number of urea groups is 1. The molecule has 4 amide bonds. The van der Waals surface area contributed by atoms with E-state index in [9.17, 15) is 14.4 Å². The lowest BCUT2D eigenvalue weighted by Crippen LogP contribution is -2.34. The van der Waals surface area contributed by atoms with Crippen LogP contribution in [0.15, 0.2) is 48.5 Å². The van der Waals surface area contributed by atoms with Crippen LogP contribution in [-0.2, 0) is 22.6 Å². The molecule has 1 aliphatic heterocycles. The molecule has 3 rings (SSSR count). The van der Waals surface area contributed by atoms with E-state index in [1.54, 1.807) is 17.0 Å². The Labute approximate surface area is 183 Å². The molecular formula is C24H30N4O3. The highest BCUT2D eigenvalue weighted by atomic mass is 16.2. The minimum atomic E-state index is -0.362. The molecule has 0 spiro atoms. The number of hydrogen-bond acceptors (Lipinski definition) is 3. The maximum atomic E-state index is 12.6. The predicted octanol–water partition coefficient (Wildman–Crippen LogP) is 3.45. The highest BCUT2D eigenvalue weighted by molar-refractivity contribution is 6.00. The van der Waals surface area contributed by atoms with Gasteiger partial charge in [-0.05, 0) is 55.7 Å². The van der Waals surface area contributed by atoms with Gasteiger partial charge in [0.1, 0.15) is 0 Å². The molecule has 2 aromatic rings. The van der Waals surface area contributed by atoms with Gasteiger partial charge in [-0.3, -0.25) is 9.59 Å². The van der Waals surface area contributed by atoms with Crippen molar-refractivity contribution < 1.29 is 14.4 Å². The van der Waals surface area contributed by atoms with Crippen molar-refractivity contribution in [1.29, 1.82) is 0 Å². The zero-order valence-electron chi connectivity index (χ0n) is 18.3. The molecule has 3 N–H and O–H groups in total. The highest BCUT2D eigenvalue weighted by Crippen LogP contribution is 2.25. The molecule has 1 unspecified atom stereocenters. The summed E-state index contributed by atoms with van der Waals surface area (Å²) in [5.41, 5.74) is 3.65. The quantitative estimate of drug-likeness (QED) is 0.638. The normalized spacial score (nSPS) is 15.8. The van der Waals surface area contributed by atoms with E-state index in [4.69, 9.17) is 0 Å². The average Bonchev–Trinajstić information content (AvgIpc) is 3.14. The number of aryl methyl sites for hydroxylation is 1. The van der Waals surface area contributed by atoms with Crippen LogP contribution in [0.5, 0.6) is 0 Å². The van der Waals surface area contributed by atoms with E-state index in [-0.39, 0.29) is 36.2 Å². The first-order chi connectivity index (χ1) is 14.9. The van der Waals surface area contributed by atoms with Crippen LogP contribution < -0.4 is 20.9 Å². The molecule has 1 aliphatic rings. The maximum absolute atomic E-state index is 12.6. The fourth-order valence-electron chi connectivity index (χ4n) is 3.51. The van der Waals surface area contributed by atoms with E-state index >= 15 is 0 Å². The molecule has 1 fully saturated rings. The first-order valence-corrected chi connectivity index (χ1v) is 10.7. The molecule has 0 aromatic heterocycles. The largest absolute Gasteiger partial charge is 0.352 e. The van der Waals surface area contributed by atoms with Crippen LogP contribution in [-0.4, -0.2) is 30.4 Å². The summed E-state index contributed by atoms with van der Waals surface area (Å²) in [5, 5.41) is 8.45. The molecule has 164 valence electrons. The van der Waals surface area contributed by atoms with Gasteiger partial charge in [0.2, 0.25) is 11.8 Å². The molecule has 1 atom stereocenters. The van der Waals surface area contributed by atoms with Crippen molar-refractivity contribution in [3.8, 4) is 0 Å². The number of anilines is 2. The second kappa shape index (κ2) is 10.1. The van der Waals surface area contributed by atoms with Gasteiger partial charge >= 0.3 is 6.03 Å². The molecule has 0 saturated carbocycles. The number of carbonyl (C=O) groups is 3. The van der Waals surface area contributed by atoms with Crippen LogP contribution in [0.25, 0.3) is 0 Å². The number of hydrogen-bond donors (Lipinski definition) is 3.